The number of nitrogens with zero attached hydrogens (tertiary/aromatic N) is 1. The van der Waals surface area contributed by atoms with Crippen LogP contribution in [0.3, 0.4) is 0 Å². The lowest BCUT2D eigenvalue weighted by Gasteiger charge is -2.18. The van der Waals surface area contributed by atoms with Crippen LogP contribution in [0.2, 0.25) is 10.0 Å². The molecule has 1 heterocycles. The lowest BCUT2D eigenvalue weighted by atomic mass is 10.00. The van der Waals surface area contributed by atoms with Crippen LogP contribution < -0.4 is 11.3 Å². The predicted octanol–water partition coefficient (Wildman–Crippen LogP) is 3.08. The topological polar surface area (TPSA) is 50.9 Å². The molecule has 1 aromatic carbocycles. The van der Waals surface area contributed by atoms with Gasteiger partial charge in [0.2, 0.25) is 0 Å². The summed E-state index contributed by atoms with van der Waals surface area (Å²) in [5, 5.41) is 0.927. The Morgan fingerprint density at radius 3 is 2.61 bits per heavy atom. The Kier molecular flexibility index (Phi) is 4.14. The van der Waals surface area contributed by atoms with Crippen molar-refractivity contribution in [3.63, 3.8) is 0 Å². The molecule has 0 aliphatic rings. The fourth-order valence-electron chi connectivity index (χ4n) is 1.70. The van der Waals surface area contributed by atoms with E-state index >= 15 is 0 Å². The van der Waals surface area contributed by atoms with E-state index in [1.807, 2.05) is 0 Å². The van der Waals surface area contributed by atoms with Crippen molar-refractivity contribution in [2.24, 2.45) is 5.84 Å². The molecule has 1 unspecified atom stereocenters. The molecule has 0 saturated carbocycles. The summed E-state index contributed by atoms with van der Waals surface area (Å²) < 4.78 is 13.7. The molecule has 0 fully saturated rings. The molecule has 0 saturated heterocycles. The number of pyridine rings is 1. The van der Waals surface area contributed by atoms with E-state index < -0.39 is 11.9 Å². The van der Waals surface area contributed by atoms with Gasteiger partial charge in [0.1, 0.15) is 5.82 Å². The van der Waals surface area contributed by atoms with Crippen LogP contribution in [0.15, 0.2) is 36.7 Å². The van der Waals surface area contributed by atoms with Gasteiger partial charge in [-0.25, -0.2) is 9.82 Å². The molecule has 0 aliphatic heterocycles. The van der Waals surface area contributed by atoms with Crippen molar-refractivity contribution in [3.8, 4) is 0 Å². The van der Waals surface area contributed by atoms with Crippen LogP contribution in [0.4, 0.5) is 4.39 Å². The standard InChI is InChI=1S/C12H10Cl2FN3/c13-7-1-2-8(10(14)5-7)12(18-16)9-3-4-17-6-11(9)15/h1-6,12,18H,16H2. The molecule has 1 atom stereocenters. The first-order valence-corrected chi connectivity index (χ1v) is 5.89. The first kappa shape index (κ1) is 13.2. The Bertz CT molecular complexity index is 563. The third-order valence-corrected chi connectivity index (χ3v) is 3.12. The van der Waals surface area contributed by atoms with E-state index in [9.17, 15) is 4.39 Å². The molecule has 94 valence electrons. The van der Waals surface area contributed by atoms with Crippen LogP contribution in [0, 0.1) is 5.82 Å². The van der Waals surface area contributed by atoms with Crippen molar-refractivity contribution in [2.45, 2.75) is 6.04 Å². The van der Waals surface area contributed by atoms with Gasteiger partial charge in [0.05, 0.1) is 12.2 Å². The quantitative estimate of drug-likeness (QED) is 0.673. The van der Waals surface area contributed by atoms with Crippen LogP contribution in [-0.2, 0) is 0 Å². The maximum atomic E-state index is 13.7. The number of hydrazine groups is 1. The fraction of sp³-hybridized carbons (Fsp3) is 0.0833. The molecule has 3 nitrogen and oxygen atoms in total. The predicted molar refractivity (Wildman–Crippen MR) is 69.8 cm³/mol. The number of nitrogens with one attached hydrogen (secondary N) is 1. The van der Waals surface area contributed by atoms with Gasteiger partial charge in [0.25, 0.3) is 0 Å². The van der Waals surface area contributed by atoms with Crippen molar-refractivity contribution < 1.29 is 4.39 Å². The average Bonchev–Trinajstić information content (AvgIpc) is 2.34. The highest BCUT2D eigenvalue weighted by atomic mass is 35.5. The van der Waals surface area contributed by atoms with Crippen molar-refractivity contribution in [2.75, 3.05) is 0 Å². The minimum absolute atomic E-state index is 0.372. The highest BCUT2D eigenvalue weighted by molar-refractivity contribution is 6.35. The maximum Gasteiger partial charge on any atom is 0.146 e. The molecular formula is C12H10Cl2FN3. The summed E-state index contributed by atoms with van der Waals surface area (Å²) in [6.45, 7) is 0. The second-order valence-electron chi connectivity index (χ2n) is 3.66. The van der Waals surface area contributed by atoms with Crippen molar-refractivity contribution >= 4 is 23.2 Å². The zero-order valence-electron chi connectivity index (χ0n) is 9.20. The smallest absolute Gasteiger partial charge is 0.146 e. The molecular weight excluding hydrogens is 276 g/mol. The van der Waals surface area contributed by atoms with E-state index in [4.69, 9.17) is 29.0 Å². The molecule has 6 heteroatoms. The Hall–Kier alpha value is -1.20. The summed E-state index contributed by atoms with van der Waals surface area (Å²) >= 11 is 11.9. The number of halogens is 3. The van der Waals surface area contributed by atoms with Gasteiger partial charge in [0.15, 0.2) is 0 Å². The number of aromatic nitrogens is 1. The van der Waals surface area contributed by atoms with Gasteiger partial charge in [-0.2, -0.15) is 0 Å². The Morgan fingerprint density at radius 2 is 2.00 bits per heavy atom. The third kappa shape index (κ3) is 2.62. The second-order valence-corrected chi connectivity index (χ2v) is 4.51. The monoisotopic (exact) mass is 285 g/mol. The highest BCUT2D eigenvalue weighted by Gasteiger charge is 2.19. The van der Waals surface area contributed by atoms with Gasteiger partial charge in [-0.15, -0.1) is 0 Å². The zero-order chi connectivity index (χ0) is 13.1. The van der Waals surface area contributed by atoms with Crippen LogP contribution >= 0.6 is 23.2 Å². The van der Waals surface area contributed by atoms with E-state index in [0.717, 1.165) is 6.20 Å². The first-order chi connectivity index (χ1) is 8.63. The second kappa shape index (κ2) is 5.63. The molecule has 2 rings (SSSR count). The average molecular weight is 286 g/mol. The van der Waals surface area contributed by atoms with Crippen LogP contribution in [-0.4, -0.2) is 4.98 Å². The van der Waals surface area contributed by atoms with E-state index in [-0.39, 0.29) is 0 Å². The van der Waals surface area contributed by atoms with E-state index in [2.05, 4.69) is 10.4 Å². The number of nitrogens with two attached hydrogens (primary N) is 1. The van der Waals surface area contributed by atoms with Gasteiger partial charge in [-0.1, -0.05) is 29.3 Å². The largest absolute Gasteiger partial charge is 0.271 e. The minimum atomic E-state index is -0.558. The van der Waals surface area contributed by atoms with Crippen molar-refractivity contribution in [1.29, 1.82) is 0 Å². The molecule has 0 bridgehead atoms. The third-order valence-electron chi connectivity index (χ3n) is 2.55. The lowest BCUT2D eigenvalue weighted by Crippen LogP contribution is -2.29. The summed E-state index contributed by atoms with van der Waals surface area (Å²) in [5.41, 5.74) is 3.56. The van der Waals surface area contributed by atoms with Gasteiger partial charge < -0.3 is 0 Å². The van der Waals surface area contributed by atoms with Crippen molar-refractivity contribution in [1.82, 2.24) is 10.4 Å². The number of rotatable bonds is 3. The molecule has 0 amide bonds. The number of hydrogen-bond acceptors (Lipinski definition) is 3. The van der Waals surface area contributed by atoms with Crippen LogP contribution in [0.25, 0.3) is 0 Å². The van der Waals surface area contributed by atoms with Gasteiger partial charge >= 0.3 is 0 Å². The highest BCUT2D eigenvalue weighted by Crippen LogP contribution is 2.30. The normalized spacial score (nSPS) is 12.4. The Morgan fingerprint density at radius 1 is 1.22 bits per heavy atom. The molecule has 3 N–H and O–H groups in total. The summed E-state index contributed by atoms with van der Waals surface area (Å²) in [6, 6.07) is 5.95. The molecule has 2 aromatic rings. The SMILES string of the molecule is NNC(c1ccncc1F)c1ccc(Cl)cc1Cl. The number of hydrogen-bond donors (Lipinski definition) is 2. The maximum absolute atomic E-state index is 13.7. The van der Waals surface area contributed by atoms with E-state index in [0.29, 0.717) is 21.2 Å². The summed E-state index contributed by atoms with van der Waals surface area (Å²) in [6.07, 6.45) is 2.62. The summed E-state index contributed by atoms with van der Waals surface area (Å²) in [7, 11) is 0. The van der Waals surface area contributed by atoms with Gasteiger partial charge in [-0.3, -0.25) is 10.8 Å². The van der Waals surface area contributed by atoms with Gasteiger partial charge in [-0.05, 0) is 23.8 Å². The molecule has 0 aliphatic carbocycles. The first-order valence-electron chi connectivity index (χ1n) is 5.14. The minimum Gasteiger partial charge on any atom is -0.271 e. The molecule has 1 aromatic heterocycles. The van der Waals surface area contributed by atoms with Gasteiger partial charge in [0, 0.05) is 21.8 Å². The molecule has 0 radical (unpaired) electrons. The van der Waals surface area contributed by atoms with E-state index in [1.54, 1.807) is 24.3 Å². The van der Waals surface area contributed by atoms with Crippen molar-refractivity contribution in [3.05, 3.63) is 63.6 Å². The van der Waals surface area contributed by atoms with E-state index in [1.165, 1.54) is 6.20 Å². The molecule has 0 spiro atoms. The fourth-order valence-corrected chi connectivity index (χ4v) is 2.22. The Labute approximate surface area is 114 Å². The summed E-state index contributed by atoms with van der Waals surface area (Å²) in [4.78, 5) is 3.69. The number of benzene rings is 1. The van der Waals surface area contributed by atoms with Crippen LogP contribution in [0.1, 0.15) is 17.2 Å². The summed E-state index contributed by atoms with van der Waals surface area (Å²) in [5.74, 6) is 5.03. The Balaban J connectivity index is 2.49. The zero-order valence-corrected chi connectivity index (χ0v) is 10.7. The van der Waals surface area contributed by atoms with Crippen LogP contribution in [0.5, 0.6) is 0 Å². The molecule has 18 heavy (non-hydrogen) atoms. The lowest BCUT2D eigenvalue weighted by molar-refractivity contribution is 0.556.